The van der Waals surface area contributed by atoms with Crippen molar-refractivity contribution in [3.8, 4) is 17.1 Å². The second-order valence-electron chi connectivity index (χ2n) is 10.3. The van der Waals surface area contributed by atoms with Crippen LogP contribution in [0.25, 0.3) is 44.0 Å². The molecule has 240 valence electrons. The quantitative estimate of drug-likeness (QED) is 0.0860. The van der Waals surface area contributed by atoms with E-state index in [9.17, 15) is 31.0 Å². The fourth-order valence-electron chi connectivity index (χ4n) is 4.68. The number of aromatic amines is 1. The summed E-state index contributed by atoms with van der Waals surface area (Å²) in [5, 5.41) is 11.4. The number of hydrogen-bond acceptors (Lipinski definition) is 11. The second kappa shape index (κ2) is 16.4. The number of phenols is 1. The standard InChI is InChI=1S/C13H12N4.C10H9NO3S.C10H8O4S.2Na/c14-9-3-1-8(2-4-9)13-16-11-6-5-10(15)7-12(11)17-13;11-9-5-6-10(15(12,13)14)8-4-2-1-3-7(8)9;11-9-3-1-8-6-10(15(12,13)14)4-2-7(8)5-9;;/h1-7H,14-15H2,(H,16,17);1-6H,11H2,(H,12,13,14);1-6,11H,(H,12,13,14);;/q;;;2*+1/p-2. The predicted octanol–water partition coefficient (Wildman–Crippen LogP) is -0.822. The molecule has 0 bridgehead atoms. The van der Waals surface area contributed by atoms with Gasteiger partial charge in [-0.1, -0.05) is 36.4 Å². The predicted molar refractivity (Wildman–Crippen MR) is 180 cm³/mol. The molecule has 0 radical (unpaired) electrons. The summed E-state index contributed by atoms with van der Waals surface area (Å²) in [4.78, 5) is 7.25. The number of phenolic OH excluding ortho intramolecular Hbond substituents is 1. The maximum absolute atomic E-state index is 11.0. The number of nitrogens with zero attached hydrogens (tertiary/aromatic N) is 1. The monoisotopic (exact) mass is 715 g/mol. The number of imidazole rings is 1. The number of aromatic nitrogens is 2. The SMILES string of the molecule is Nc1ccc(-c2nc3ccc(N)cc3[nH]2)cc1.Nc1ccc(S(=O)(=O)[O-])c2ccccc12.O=S(=O)([O-])c1ccc2cc(O)ccc2c1.[Na+].[Na+]. The molecule has 0 spiro atoms. The van der Waals surface area contributed by atoms with Crippen LogP contribution in [0.3, 0.4) is 0 Å². The van der Waals surface area contributed by atoms with Crippen molar-refractivity contribution in [1.29, 1.82) is 0 Å². The number of nitrogen functional groups attached to an aromatic ring is 3. The van der Waals surface area contributed by atoms with Gasteiger partial charge in [-0.05, 0) is 89.6 Å². The molecule has 0 atom stereocenters. The molecule has 16 heteroatoms. The molecule has 0 saturated carbocycles. The number of nitrogens with two attached hydrogens (primary N) is 3. The van der Waals surface area contributed by atoms with Crippen LogP contribution in [-0.4, -0.2) is 41.0 Å². The molecule has 49 heavy (non-hydrogen) atoms. The van der Waals surface area contributed by atoms with E-state index in [1.54, 1.807) is 30.3 Å². The van der Waals surface area contributed by atoms with Crippen LogP contribution in [-0.2, 0) is 20.2 Å². The van der Waals surface area contributed by atoms with Crippen molar-refractivity contribution in [2.24, 2.45) is 0 Å². The Labute approximate surface area is 326 Å². The molecule has 8 N–H and O–H groups in total. The van der Waals surface area contributed by atoms with Crippen LogP contribution in [0.4, 0.5) is 17.1 Å². The van der Waals surface area contributed by atoms with Gasteiger partial charge in [-0.2, -0.15) is 0 Å². The van der Waals surface area contributed by atoms with Crippen LogP contribution in [0.2, 0.25) is 0 Å². The zero-order valence-corrected chi connectivity index (χ0v) is 32.0. The van der Waals surface area contributed by atoms with Gasteiger partial charge in [0, 0.05) is 33.4 Å². The normalized spacial score (nSPS) is 11.0. The smallest absolute Gasteiger partial charge is 0.744 e. The zero-order valence-electron chi connectivity index (χ0n) is 26.4. The van der Waals surface area contributed by atoms with Crippen molar-refractivity contribution in [2.75, 3.05) is 17.2 Å². The molecule has 12 nitrogen and oxygen atoms in total. The first-order valence-corrected chi connectivity index (χ1v) is 16.5. The first kappa shape index (κ1) is 39.8. The molecule has 0 aliphatic carbocycles. The van der Waals surface area contributed by atoms with Gasteiger partial charge in [-0.3, -0.25) is 0 Å². The van der Waals surface area contributed by atoms with Gasteiger partial charge in [0.2, 0.25) is 0 Å². The fraction of sp³-hybridized carbons (Fsp3) is 0. The third kappa shape index (κ3) is 9.95. The topological polar surface area (TPSA) is 241 Å². The molecule has 0 aliphatic rings. The van der Waals surface area contributed by atoms with Crippen LogP contribution in [0, 0.1) is 0 Å². The third-order valence-corrected chi connectivity index (χ3v) is 8.69. The number of rotatable bonds is 3. The van der Waals surface area contributed by atoms with Gasteiger partial charge in [0.25, 0.3) is 0 Å². The van der Waals surface area contributed by atoms with E-state index in [1.165, 1.54) is 42.5 Å². The van der Waals surface area contributed by atoms with E-state index in [1.807, 2.05) is 42.5 Å². The minimum absolute atomic E-state index is 0. The summed E-state index contributed by atoms with van der Waals surface area (Å²) >= 11 is 0. The minimum Gasteiger partial charge on any atom is -0.744 e. The van der Waals surface area contributed by atoms with E-state index in [0.29, 0.717) is 27.2 Å². The van der Waals surface area contributed by atoms with Crippen LogP contribution in [0.5, 0.6) is 5.75 Å². The Hall–Kier alpha value is -3.67. The number of nitrogens with one attached hydrogen (secondary N) is 1. The third-order valence-electron chi connectivity index (χ3n) is 6.96. The van der Waals surface area contributed by atoms with E-state index in [4.69, 9.17) is 17.2 Å². The van der Waals surface area contributed by atoms with Crippen molar-refractivity contribution in [3.05, 3.63) is 115 Å². The Kier molecular flexibility index (Phi) is 13.3. The summed E-state index contributed by atoms with van der Waals surface area (Å²) in [6.07, 6.45) is 0. The van der Waals surface area contributed by atoms with E-state index in [2.05, 4.69) is 9.97 Å². The van der Waals surface area contributed by atoms with Gasteiger partial charge in [-0.25, -0.2) is 21.8 Å². The first-order valence-electron chi connectivity index (χ1n) is 13.7. The Bertz CT molecular complexity index is 2480. The van der Waals surface area contributed by atoms with E-state index in [-0.39, 0.29) is 74.7 Å². The van der Waals surface area contributed by atoms with Crippen LogP contribution in [0.1, 0.15) is 0 Å². The van der Waals surface area contributed by atoms with E-state index < -0.39 is 20.2 Å². The molecule has 7 rings (SSSR count). The molecule has 6 aromatic carbocycles. The summed E-state index contributed by atoms with van der Waals surface area (Å²) in [6, 6.07) is 31.0. The minimum atomic E-state index is -4.45. The molecule has 0 aliphatic heterocycles. The van der Waals surface area contributed by atoms with Crippen LogP contribution >= 0.6 is 0 Å². The van der Waals surface area contributed by atoms with Crippen LogP contribution in [0.15, 0.2) is 125 Å². The second-order valence-corrected chi connectivity index (χ2v) is 13.0. The van der Waals surface area contributed by atoms with E-state index >= 15 is 0 Å². The summed E-state index contributed by atoms with van der Waals surface area (Å²) in [7, 11) is -8.87. The molecular formula is C33H27N5Na2O7S2. The van der Waals surface area contributed by atoms with Crippen molar-refractivity contribution < 1.29 is 90.2 Å². The van der Waals surface area contributed by atoms with Gasteiger partial charge >= 0.3 is 59.1 Å². The molecule has 7 aromatic rings. The Balaban J connectivity index is 0.000000196. The molecule has 1 heterocycles. The number of fused-ring (bicyclic) bond motifs is 3. The van der Waals surface area contributed by atoms with Gasteiger partial charge in [-0.15, -0.1) is 0 Å². The van der Waals surface area contributed by atoms with Gasteiger partial charge in [0.1, 0.15) is 31.8 Å². The molecule has 0 fully saturated rings. The number of aromatic hydroxyl groups is 1. The van der Waals surface area contributed by atoms with Crippen molar-refractivity contribution in [1.82, 2.24) is 9.97 Å². The molecular weight excluding hydrogens is 689 g/mol. The Morgan fingerprint density at radius 3 is 1.90 bits per heavy atom. The number of benzene rings is 6. The average molecular weight is 716 g/mol. The number of H-pyrrole nitrogens is 1. The van der Waals surface area contributed by atoms with E-state index in [0.717, 1.165) is 33.8 Å². The summed E-state index contributed by atoms with van der Waals surface area (Å²) in [5.41, 5.74) is 21.8. The van der Waals surface area contributed by atoms with Crippen molar-refractivity contribution >= 4 is 69.9 Å². The van der Waals surface area contributed by atoms with Gasteiger partial charge in [0.15, 0.2) is 0 Å². The molecule has 0 unspecified atom stereocenters. The maximum Gasteiger partial charge on any atom is 1.00 e. The van der Waals surface area contributed by atoms with Crippen molar-refractivity contribution in [3.63, 3.8) is 0 Å². The first-order chi connectivity index (χ1) is 22.2. The number of hydrogen-bond donors (Lipinski definition) is 5. The van der Waals surface area contributed by atoms with Crippen molar-refractivity contribution in [2.45, 2.75) is 9.79 Å². The zero-order chi connectivity index (χ0) is 33.9. The summed E-state index contributed by atoms with van der Waals surface area (Å²) < 4.78 is 65.1. The van der Waals surface area contributed by atoms with Gasteiger partial charge in [0.05, 0.1) is 20.8 Å². The fourth-order valence-corrected chi connectivity index (χ4v) is 5.87. The largest absolute Gasteiger partial charge is 1.00 e. The Morgan fingerprint density at radius 2 is 1.24 bits per heavy atom. The summed E-state index contributed by atoms with van der Waals surface area (Å²) in [6.45, 7) is 0. The molecule has 0 saturated heterocycles. The van der Waals surface area contributed by atoms with Crippen LogP contribution < -0.4 is 76.3 Å². The summed E-state index contributed by atoms with van der Waals surface area (Å²) in [5.74, 6) is 0.922. The maximum atomic E-state index is 11.0. The van der Waals surface area contributed by atoms with Gasteiger partial charge < -0.3 is 36.4 Å². The number of anilines is 3. The molecule has 0 amide bonds. The Morgan fingerprint density at radius 1 is 0.633 bits per heavy atom. The molecule has 1 aromatic heterocycles. The average Bonchev–Trinajstić information content (AvgIpc) is 3.44.